The van der Waals surface area contributed by atoms with Crippen LogP contribution in [-0.4, -0.2) is 10.5 Å². The minimum Gasteiger partial charge on any atom is -0.321 e. The summed E-state index contributed by atoms with van der Waals surface area (Å²) in [4.78, 5) is 26.0. The van der Waals surface area contributed by atoms with Gasteiger partial charge in [-0.25, -0.2) is 0 Å². The Morgan fingerprint density at radius 3 is 2.62 bits per heavy atom. The van der Waals surface area contributed by atoms with Crippen molar-refractivity contribution in [1.82, 2.24) is 4.57 Å². The summed E-state index contributed by atoms with van der Waals surface area (Å²) < 4.78 is 2.50. The van der Waals surface area contributed by atoms with E-state index in [-0.39, 0.29) is 11.5 Å². The van der Waals surface area contributed by atoms with E-state index in [1.807, 2.05) is 48.5 Å². The maximum atomic E-state index is 12.8. The molecule has 0 bridgehead atoms. The molecule has 0 radical (unpaired) electrons. The van der Waals surface area contributed by atoms with Crippen LogP contribution in [0, 0.1) is 0 Å². The quantitative estimate of drug-likeness (QED) is 0.580. The molecule has 0 spiro atoms. The Bertz CT molecular complexity index is 1200. The molecule has 2 heterocycles. The molecule has 0 unspecified atom stereocenters. The second-order valence-corrected chi connectivity index (χ2v) is 7.25. The third kappa shape index (κ3) is 2.61. The van der Waals surface area contributed by atoms with Crippen LogP contribution >= 0.6 is 11.3 Å². The number of thiophene rings is 1. The number of nitrogens with zero attached hydrogens (tertiary/aromatic N) is 1. The minimum atomic E-state index is -0.182. The third-order valence-corrected chi connectivity index (χ3v) is 5.81. The average Bonchev–Trinajstić information content (AvgIpc) is 3.12. The van der Waals surface area contributed by atoms with Gasteiger partial charge in [-0.05, 0) is 30.2 Å². The number of carbonyl (C=O) groups is 1. The van der Waals surface area contributed by atoms with Crippen LogP contribution in [0.15, 0.2) is 59.4 Å². The van der Waals surface area contributed by atoms with Crippen molar-refractivity contribution in [3.8, 4) is 0 Å². The number of rotatable bonds is 3. The van der Waals surface area contributed by atoms with Gasteiger partial charge < -0.3 is 9.88 Å². The van der Waals surface area contributed by atoms with Gasteiger partial charge in [-0.15, -0.1) is 11.3 Å². The Morgan fingerprint density at radius 2 is 1.81 bits per heavy atom. The van der Waals surface area contributed by atoms with E-state index in [1.165, 1.54) is 11.3 Å². The zero-order chi connectivity index (χ0) is 18.3. The summed E-state index contributed by atoms with van der Waals surface area (Å²) in [7, 11) is 1.76. The monoisotopic (exact) mass is 362 g/mol. The van der Waals surface area contributed by atoms with Gasteiger partial charge in [0.2, 0.25) is 0 Å². The van der Waals surface area contributed by atoms with Gasteiger partial charge in [-0.3, -0.25) is 9.59 Å². The van der Waals surface area contributed by atoms with Gasteiger partial charge in [0.05, 0.1) is 15.8 Å². The average molecular weight is 362 g/mol. The van der Waals surface area contributed by atoms with Crippen LogP contribution in [0.5, 0.6) is 0 Å². The molecule has 0 saturated carbocycles. The maximum absolute atomic E-state index is 12.8. The molecular formula is C21H18N2O2S. The highest BCUT2D eigenvalue weighted by Crippen LogP contribution is 2.31. The second kappa shape index (κ2) is 6.42. The molecule has 1 N–H and O–H groups in total. The van der Waals surface area contributed by atoms with E-state index in [1.54, 1.807) is 17.7 Å². The summed E-state index contributed by atoms with van der Waals surface area (Å²) in [5.74, 6) is -0.182. The van der Waals surface area contributed by atoms with E-state index in [9.17, 15) is 9.59 Å². The Morgan fingerprint density at radius 1 is 1.08 bits per heavy atom. The number of hydrogen-bond donors (Lipinski definition) is 1. The molecule has 4 nitrogen and oxygen atoms in total. The molecule has 0 saturated heterocycles. The molecule has 26 heavy (non-hydrogen) atoms. The van der Waals surface area contributed by atoms with Crippen molar-refractivity contribution in [3.05, 3.63) is 75.4 Å². The normalized spacial score (nSPS) is 11.2. The molecule has 130 valence electrons. The lowest BCUT2D eigenvalue weighted by Crippen LogP contribution is -2.16. The zero-order valence-electron chi connectivity index (χ0n) is 14.6. The van der Waals surface area contributed by atoms with Gasteiger partial charge in [0.1, 0.15) is 0 Å². The lowest BCUT2D eigenvalue weighted by molar-refractivity contribution is 0.103. The molecule has 2 aromatic carbocycles. The summed E-state index contributed by atoms with van der Waals surface area (Å²) in [6, 6.07) is 17.3. The highest BCUT2D eigenvalue weighted by atomic mass is 32.1. The fraction of sp³-hybridized carbons (Fsp3) is 0.143. The highest BCUT2D eigenvalue weighted by molar-refractivity contribution is 7.21. The largest absolute Gasteiger partial charge is 0.321 e. The molecule has 0 atom stereocenters. The number of hydrogen-bond acceptors (Lipinski definition) is 3. The Kier molecular flexibility index (Phi) is 4.09. The lowest BCUT2D eigenvalue weighted by atomic mass is 10.1. The molecule has 0 fully saturated rings. The summed E-state index contributed by atoms with van der Waals surface area (Å²) in [6.07, 6.45) is 0.841. The van der Waals surface area contributed by atoms with Crippen molar-refractivity contribution < 1.29 is 4.79 Å². The predicted octanol–water partition coefficient (Wildman–Crippen LogP) is 4.57. The first-order valence-electron chi connectivity index (χ1n) is 8.50. The van der Waals surface area contributed by atoms with Crippen molar-refractivity contribution in [1.29, 1.82) is 0 Å². The number of anilines is 1. The molecule has 1 amide bonds. The molecule has 2 aromatic heterocycles. The Balaban J connectivity index is 1.83. The Hall–Kier alpha value is -2.92. The van der Waals surface area contributed by atoms with Crippen LogP contribution in [0.3, 0.4) is 0 Å². The fourth-order valence-corrected chi connectivity index (χ4v) is 4.32. The van der Waals surface area contributed by atoms with Gasteiger partial charge in [0.25, 0.3) is 11.5 Å². The van der Waals surface area contributed by atoms with Crippen molar-refractivity contribution in [2.24, 2.45) is 7.05 Å². The van der Waals surface area contributed by atoms with E-state index in [0.717, 1.165) is 33.3 Å². The van der Waals surface area contributed by atoms with E-state index < -0.39 is 0 Å². The van der Waals surface area contributed by atoms with Crippen LogP contribution in [-0.2, 0) is 13.5 Å². The number of aryl methyl sites for hydroxylation is 2. The first-order chi connectivity index (χ1) is 12.6. The number of carbonyl (C=O) groups excluding carboxylic acids is 1. The topological polar surface area (TPSA) is 51.1 Å². The van der Waals surface area contributed by atoms with Gasteiger partial charge in [0, 0.05) is 22.8 Å². The highest BCUT2D eigenvalue weighted by Gasteiger charge is 2.16. The van der Waals surface area contributed by atoms with Gasteiger partial charge in [-0.1, -0.05) is 43.3 Å². The molecule has 0 aliphatic carbocycles. The fourth-order valence-electron chi connectivity index (χ4n) is 3.24. The van der Waals surface area contributed by atoms with E-state index in [0.29, 0.717) is 10.3 Å². The number of fused-ring (bicyclic) bond motifs is 3. The van der Waals surface area contributed by atoms with Crippen molar-refractivity contribution in [3.63, 3.8) is 0 Å². The van der Waals surface area contributed by atoms with Crippen LogP contribution in [0.1, 0.15) is 22.2 Å². The number of para-hydroxylation sites is 2. The molecule has 0 aliphatic rings. The zero-order valence-corrected chi connectivity index (χ0v) is 15.4. The molecule has 4 rings (SSSR count). The van der Waals surface area contributed by atoms with Crippen LogP contribution in [0.2, 0.25) is 0 Å². The molecular weight excluding hydrogens is 344 g/mol. The van der Waals surface area contributed by atoms with E-state index in [2.05, 4.69) is 12.2 Å². The SMILES string of the molecule is CCc1ccccc1NC(=O)c1cc2c(=O)n(C)c3ccccc3c2s1. The van der Waals surface area contributed by atoms with E-state index >= 15 is 0 Å². The van der Waals surface area contributed by atoms with Crippen LogP contribution in [0.25, 0.3) is 21.0 Å². The number of aromatic nitrogens is 1. The van der Waals surface area contributed by atoms with Crippen LogP contribution < -0.4 is 10.9 Å². The van der Waals surface area contributed by atoms with Crippen LogP contribution in [0.4, 0.5) is 5.69 Å². The minimum absolute atomic E-state index is 0.0806. The standard InChI is InChI=1S/C21H18N2O2S/c1-3-13-8-4-6-10-16(13)22-20(24)18-12-15-19(26-18)14-9-5-7-11-17(14)23(2)21(15)25/h4-12H,3H2,1-2H3,(H,22,24). The first-order valence-corrected chi connectivity index (χ1v) is 9.32. The molecule has 5 heteroatoms. The van der Waals surface area contributed by atoms with Gasteiger partial charge >= 0.3 is 0 Å². The van der Waals surface area contributed by atoms with Crippen molar-refractivity contribution in [2.45, 2.75) is 13.3 Å². The molecule has 0 aliphatic heterocycles. The summed E-state index contributed by atoms with van der Waals surface area (Å²) in [6.45, 7) is 2.06. The summed E-state index contributed by atoms with van der Waals surface area (Å²) in [5, 5.41) is 4.56. The number of amides is 1. The first kappa shape index (κ1) is 16.5. The van der Waals surface area contributed by atoms with Gasteiger partial charge in [0.15, 0.2) is 0 Å². The smallest absolute Gasteiger partial charge is 0.265 e. The number of pyridine rings is 1. The molecule has 4 aromatic rings. The number of benzene rings is 2. The lowest BCUT2D eigenvalue weighted by Gasteiger charge is -2.08. The maximum Gasteiger partial charge on any atom is 0.265 e. The third-order valence-electron chi connectivity index (χ3n) is 4.65. The van der Waals surface area contributed by atoms with Crippen molar-refractivity contribution in [2.75, 3.05) is 5.32 Å². The predicted molar refractivity (Wildman–Crippen MR) is 108 cm³/mol. The second-order valence-electron chi connectivity index (χ2n) is 6.20. The number of nitrogens with one attached hydrogen (secondary N) is 1. The Labute approximate surface area is 154 Å². The summed E-state index contributed by atoms with van der Waals surface area (Å²) in [5.41, 5.74) is 2.69. The summed E-state index contributed by atoms with van der Waals surface area (Å²) >= 11 is 1.37. The van der Waals surface area contributed by atoms with Crippen molar-refractivity contribution >= 4 is 43.9 Å². The van der Waals surface area contributed by atoms with Gasteiger partial charge in [-0.2, -0.15) is 0 Å². The van der Waals surface area contributed by atoms with E-state index in [4.69, 9.17) is 0 Å².